The first kappa shape index (κ1) is 20.1. The second-order valence-electron chi connectivity index (χ2n) is 7.18. The van der Waals surface area contributed by atoms with Crippen molar-refractivity contribution in [3.8, 4) is 0 Å². The average molecular weight is 468 g/mol. The molecule has 0 aliphatic carbocycles. The molecule has 0 radical (unpaired) electrons. The Hall–Kier alpha value is -0.220. The van der Waals surface area contributed by atoms with Crippen molar-refractivity contribution in [2.75, 3.05) is 44.2 Å². The standard InChI is InChI=1S/C16H28N4O2S.HI/c1-2-17-14(19-10-16(22)5-7-23-12-16)20-6-3-4-15(11-20)8-13(21)18-9-15;/h22H,2-12H2,1H3,(H,17,19)(H,18,21);1H. The van der Waals surface area contributed by atoms with Crippen LogP contribution in [0.4, 0.5) is 0 Å². The van der Waals surface area contributed by atoms with Crippen molar-refractivity contribution in [3.05, 3.63) is 0 Å². The number of carbonyl (C=O) groups excluding carboxylic acids is 1. The third kappa shape index (κ3) is 4.69. The maximum atomic E-state index is 11.6. The zero-order valence-electron chi connectivity index (χ0n) is 14.3. The van der Waals surface area contributed by atoms with Gasteiger partial charge in [0.2, 0.25) is 5.91 Å². The minimum absolute atomic E-state index is 0. The van der Waals surface area contributed by atoms with E-state index in [1.165, 1.54) is 0 Å². The van der Waals surface area contributed by atoms with Crippen molar-refractivity contribution in [1.82, 2.24) is 15.5 Å². The van der Waals surface area contributed by atoms with Crippen molar-refractivity contribution >= 4 is 47.6 Å². The smallest absolute Gasteiger partial charge is 0.220 e. The van der Waals surface area contributed by atoms with Crippen LogP contribution in [0.15, 0.2) is 4.99 Å². The third-order valence-corrected chi connectivity index (χ3v) is 6.33. The van der Waals surface area contributed by atoms with Gasteiger partial charge in [0.05, 0.1) is 12.1 Å². The lowest BCUT2D eigenvalue weighted by Crippen LogP contribution is -2.51. The minimum Gasteiger partial charge on any atom is -0.387 e. The van der Waals surface area contributed by atoms with E-state index in [2.05, 4.69) is 22.5 Å². The van der Waals surface area contributed by atoms with Crippen molar-refractivity contribution in [2.45, 2.75) is 38.2 Å². The van der Waals surface area contributed by atoms with Gasteiger partial charge in [0, 0.05) is 43.8 Å². The van der Waals surface area contributed by atoms with Gasteiger partial charge in [-0.15, -0.1) is 24.0 Å². The first-order valence-electron chi connectivity index (χ1n) is 8.64. The van der Waals surface area contributed by atoms with Crippen molar-refractivity contribution in [2.24, 2.45) is 10.4 Å². The maximum Gasteiger partial charge on any atom is 0.220 e. The number of nitrogens with zero attached hydrogens (tertiary/aromatic N) is 2. The zero-order valence-corrected chi connectivity index (χ0v) is 17.5. The number of aliphatic hydroxyl groups is 1. The van der Waals surface area contributed by atoms with Crippen LogP contribution in [0.2, 0.25) is 0 Å². The second kappa shape index (κ2) is 8.44. The molecule has 3 aliphatic heterocycles. The summed E-state index contributed by atoms with van der Waals surface area (Å²) >= 11 is 1.80. The molecule has 3 heterocycles. The monoisotopic (exact) mass is 468 g/mol. The van der Waals surface area contributed by atoms with Gasteiger partial charge in [-0.3, -0.25) is 9.79 Å². The lowest BCUT2D eigenvalue weighted by atomic mass is 9.79. The van der Waals surface area contributed by atoms with E-state index in [1.54, 1.807) is 11.8 Å². The lowest BCUT2D eigenvalue weighted by Gasteiger charge is -2.41. The van der Waals surface area contributed by atoms with E-state index in [0.717, 1.165) is 62.9 Å². The Bertz CT molecular complexity index is 485. The molecule has 138 valence electrons. The molecule has 3 N–H and O–H groups in total. The van der Waals surface area contributed by atoms with Crippen LogP contribution in [-0.2, 0) is 4.79 Å². The minimum atomic E-state index is -0.649. The maximum absolute atomic E-state index is 11.6. The number of piperidine rings is 1. The molecule has 1 amide bonds. The van der Waals surface area contributed by atoms with Crippen LogP contribution < -0.4 is 10.6 Å². The van der Waals surface area contributed by atoms with Crippen molar-refractivity contribution in [1.29, 1.82) is 0 Å². The number of likely N-dealkylation sites (tertiary alicyclic amines) is 1. The number of hydrogen-bond donors (Lipinski definition) is 3. The Balaban J connectivity index is 0.00000208. The van der Waals surface area contributed by atoms with Gasteiger partial charge in [0.15, 0.2) is 5.96 Å². The number of rotatable bonds is 3. The first-order chi connectivity index (χ1) is 11.0. The number of thioether (sulfide) groups is 1. The molecule has 0 aromatic heterocycles. The van der Waals surface area contributed by atoms with Gasteiger partial charge in [0.25, 0.3) is 0 Å². The summed E-state index contributed by atoms with van der Waals surface area (Å²) in [5.41, 5.74) is -0.588. The van der Waals surface area contributed by atoms with Gasteiger partial charge in [-0.1, -0.05) is 0 Å². The molecule has 8 heteroatoms. The predicted octanol–water partition coefficient (Wildman–Crippen LogP) is 1.04. The highest BCUT2D eigenvalue weighted by Gasteiger charge is 2.42. The van der Waals surface area contributed by atoms with E-state index >= 15 is 0 Å². The predicted molar refractivity (Wildman–Crippen MR) is 109 cm³/mol. The fourth-order valence-electron chi connectivity index (χ4n) is 3.80. The van der Waals surface area contributed by atoms with E-state index in [9.17, 15) is 9.90 Å². The highest BCUT2D eigenvalue weighted by Crippen LogP contribution is 2.36. The van der Waals surface area contributed by atoms with Crippen LogP contribution in [-0.4, -0.2) is 71.7 Å². The molecule has 0 bridgehead atoms. The molecular formula is C16H29IN4O2S. The Morgan fingerprint density at radius 2 is 2.33 bits per heavy atom. The summed E-state index contributed by atoms with van der Waals surface area (Å²) < 4.78 is 0. The lowest BCUT2D eigenvalue weighted by molar-refractivity contribution is -0.119. The summed E-state index contributed by atoms with van der Waals surface area (Å²) in [7, 11) is 0. The fraction of sp³-hybridized carbons (Fsp3) is 0.875. The second-order valence-corrected chi connectivity index (χ2v) is 8.28. The molecule has 3 aliphatic rings. The van der Waals surface area contributed by atoms with E-state index in [1.807, 2.05) is 0 Å². The van der Waals surface area contributed by atoms with Gasteiger partial charge in [0.1, 0.15) is 0 Å². The summed E-state index contributed by atoms with van der Waals surface area (Å²) in [6.45, 7) is 5.95. The number of amides is 1. The summed E-state index contributed by atoms with van der Waals surface area (Å²) in [5.74, 6) is 2.85. The molecule has 3 saturated heterocycles. The Labute approximate surface area is 165 Å². The number of guanidine groups is 1. The van der Waals surface area contributed by atoms with Crippen LogP contribution in [0.5, 0.6) is 0 Å². The van der Waals surface area contributed by atoms with E-state index < -0.39 is 5.60 Å². The Morgan fingerprint density at radius 1 is 1.50 bits per heavy atom. The number of hydrogen-bond acceptors (Lipinski definition) is 4. The van der Waals surface area contributed by atoms with Crippen LogP contribution in [0, 0.1) is 5.41 Å². The van der Waals surface area contributed by atoms with Gasteiger partial charge >= 0.3 is 0 Å². The van der Waals surface area contributed by atoms with Crippen LogP contribution >= 0.6 is 35.7 Å². The Morgan fingerprint density at radius 3 is 2.96 bits per heavy atom. The molecule has 24 heavy (non-hydrogen) atoms. The van der Waals surface area contributed by atoms with Crippen LogP contribution in [0.1, 0.15) is 32.6 Å². The highest BCUT2D eigenvalue weighted by molar-refractivity contribution is 14.0. The van der Waals surface area contributed by atoms with E-state index in [4.69, 9.17) is 4.99 Å². The van der Waals surface area contributed by atoms with Crippen LogP contribution in [0.25, 0.3) is 0 Å². The molecule has 1 spiro atoms. The SMILES string of the molecule is CCNC(=NCC1(O)CCSC1)N1CCCC2(CNC(=O)C2)C1.I. The van der Waals surface area contributed by atoms with Gasteiger partial charge in [-0.05, 0) is 31.9 Å². The molecule has 0 aromatic rings. The molecular weight excluding hydrogens is 439 g/mol. The molecule has 0 aromatic carbocycles. The quantitative estimate of drug-likeness (QED) is 0.328. The number of nitrogens with one attached hydrogen (secondary N) is 2. The van der Waals surface area contributed by atoms with Gasteiger partial charge in [-0.2, -0.15) is 11.8 Å². The first-order valence-corrected chi connectivity index (χ1v) is 9.80. The van der Waals surface area contributed by atoms with Gasteiger partial charge in [-0.25, -0.2) is 0 Å². The summed E-state index contributed by atoms with van der Waals surface area (Å²) in [6.07, 6.45) is 3.63. The molecule has 6 nitrogen and oxygen atoms in total. The number of halogens is 1. The van der Waals surface area contributed by atoms with Crippen molar-refractivity contribution < 1.29 is 9.90 Å². The van der Waals surface area contributed by atoms with E-state index in [-0.39, 0.29) is 35.3 Å². The zero-order chi connectivity index (χ0) is 16.3. The topological polar surface area (TPSA) is 77.0 Å². The number of aliphatic imine (C=N–C) groups is 1. The average Bonchev–Trinajstić information content (AvgIpc) is 3.11. The largest absolute Gasteiger partial charge is 0.387 e. The number of carbonyl (C=O) groups is 1. The highest BCUT2D eigenvalue weighted by atomic mass is 127. The fourth-order valence-corrected chi connectivity index (χ4v) is 5.08. The molecule has 2 unspecified atom stereocenters. The van der Waals surface area contributed by atoms with Gasteiger partial charge < -0.3 is 20.6 Å². The molecule has 3 fully saturated rings. The van der Waals surface area contributed by atoms with Crippen molar-refractivity contribution in [3.63, 3.8) is 0 Å². The molecule has 2 atom stereocenters. The summed E-state index contributed by atoms with van der Waals surface area (Å²) in [5, 5.41) is 16.9. The molecule has 0 saturated carbocycles. The third-order valence-electron chi connectivity index (χ3n) is 5.10. The van der Waals surface area contributed by atoms with E-state index in [0.29, 0.717) is 13.0 Å². The summed E-state index contributed by atoms with van der Waals surface area (Å²) in [4.78, 5) is 18.7. The van der Waals surface area contributed by atoms with Crippen LogP contribution in [0.3, 0.4) is 0 Å². The normalized spacial score (nSPS) is 33.5. The Kier molecular flexibility index (Phi) is 7.07. The summed E-state index contributed by atoms with van der Waals surface area (Å²) in [6, 6.07) is 0. The molecule has 3 rings (SSSR count).